The summed E-state index contributed by atoms with van der Waals surface area (Å²) in [7, 11) is 1.65. The monoisotopic (exact) mass is 186 g/mol. The molecule has 4 nitrogen and oxygen atoms in total. The van der Waals surface area contributed by atoms with Crippen LogP contribution < -0.4 is 0 Å². The fraction of sp³-hybridized carbons (Fsp3) is 0.100. The molecule has 0 aliphatic rings. The smallest absolute Gasteiger partial charge is 0.130 e. The number of rotatable bonds is 2. The van der Waals surface area contributed by atoms with E-state index in [2.05, 4.69) is 26.9 Å². The lowest BCUT2D eigenvalue weighted by Gasteiger charge is -1.93. The molecular weight excluding hydrogens is 176 g/mol. The van der Waals surface area contributed by atoms with Crippen molar-refractivity contribution in [2.24, 2.45) is 15.2 Å². The molecule has 1 aromatic carbocycles. The number of nitrogens with zero attached hydrogens (tertiary/aromatic N) is 3. The zero-order valence-electron chi connectivity index (χ0n) is 7.86. The van der Waals surface area contributed by atoms with Gasteiger partial charge in [0.05, 0.1) is 5.52 Å². The highest BCUT2D eigenvalue weighted by molar-refractivity contribution is 5.92. The van der Waals surface area contributed by atoms with Crippen LogP contribution in [0.25, 0.3) is 10.9 Å². The van der Waals surface area contributed by atoms with E-state index in [1.54, 1.807) is 7.05 Å². The fourth-order valence-electron chi connectivity index (χ4n) is 1.40. The van der Waals surface area contributed by atoms with Gasteiger partial charge in [0.1, 0.15) is 11.5 Å². The fourth-order valence-corrected chi connectivity index (χ4v) is 1.40. The van der Waals surface area contributed by atoms with Crippen LogP contribution in [0.15, 0.2) is 39.5 Å². The van der Waals surface area contributed by atoms with Crippen LogP contribution >= 0.6 is 0 Å². The summed E-state index contributed by atoms with van der Waals surface area (Å²) in [5, 5.41) is 8.83. The van der Waals surface area contributed by atoms with Crippen LogP contribution in [0, 0.1) is 0 Å². The van der Waals surface area contributed by atoms with Crippen molar-refractivity contribution in [1.29, 1.82) is 0 Å². The Kier molecular flexibility index (Phi) is 2.10. The van der Waals surface area contributed by atoms with E-state index >= 15 is 0 Å². The second kappa shape index (κ2) is 3.41. The largest absolute Gasteiger partial charge is 0.338 e. The van der Waals surface area contributed by atoms with E-state index in [4.69, 9.17) is 0 Å². The maximum atomic E-state index is 4.01. The molecule has 0 spiro atoms. The topological polar surface area (TPSA) is 52.9 Å². The molecule has 70 valence electrons. The molecule has 0 radical (unpaired) electrons. The van der Waals surface area contributed by atoms with Crippen molar-refractivity contribution in [1.82, 2.24) is 4.98 Å². The number of hydrogen-bond acceptors (Lipinski definition) is 3. The molecule has 4 heteroatoms. The molecular formula is C10H10N4. The van der Waals surface area contributed by atoms with E-state index < -0.39 is 0 Å². The summed E-state index contributed by atoms with van der Waals surface area (Å²) >= 11 is 0. The van der Waals surface area contributed by atoms with E-state index in [9.17, 15) is 0 Å². The third kappa shape index (κ3) is 1.31. The second-order valence-corrected chi connectivity index (χ2v) is 2.85. The number of benzene rings is 1. The van der Waals surface area contributed by atoms with Crippen molar-refractivity contribution in [3.63, 3.8) is 0 Å². The van der Waals surface area contributed by atoms with Gasteiger partial charge in [0.25, 0.3) is 0 Å². The lowest BCUT2D eigenvalue weighted by molar-refractivity contribution is 1.17. The van der Waals surface area contributed by atoms with Gasteiger partial charge >= 0.3 is 0 Å². The van der Waals surface area contributed by atoms with Crippen LogP contribution in [0.3, 0.4) is 0 Å². The highest BCUT2D eigenvalue weighted by Gasteiger charge is 2.02. The Morgan fingerprint density at radius 3 is 2.93 bits per heavy atom. The summed E-state index contributed by atoms with van der Waals surface area (Å²) in [5.41, 5.74) is 1.76. The number of para-hydroxylation sites is 1. The Morgan fingerprint density at radius 2 is 2.21 bits per heavy atom. The Morgan fingerprint density at radius 1 is 1.36 bits per heavy atom. The van der Waals surface area contributed by atoms with E-state index in [0.29, 0.717) is 0 Å². The first kappa shape index (κ1) is 8.62. The number of hydrogen-bond donors (Lipinski definition) is 1. The van der Waals surface area contributed by atoms with Gasteiger partial charge in [-0.25, -0.2) is 4.99 Å². The summed E-state index contributed by atoms with van der Waals surface area (Å²) in [6, 6.07) is 7.76. The zero-order chi connectivity index (χ0) is 9.97. The summed E-state index contributed by atoms with van der Waals surface area (Å²) < 4.78 is 0. The van der Waals surface area contributed by atoms with Crippen molar-refractivity contribution in [2.45, 2.75) is 0 Å². The molecule has 1 N–H and O–H groups in total. The minimum Gasteiger partial charge on any atom is -0.338 e. The number of aromatic amines is 1. The van der Waals surface area contributed by atoms with Gasteiger partial charge in [0.15, 0.2) is 0 Å². The van der Waals surface area contributed by atoms with Crippen LogP contribution in [-0.4, -0.2) is 18.7 Å². The first-order chi connectivity index (χ1) is 6.85. The van der Waals surface area contributed by atoms with Gasteiger partial charge in [-0.2, -0.15) is 10.2 Å². The van der Waals surface area contributed by atoms with E-state index in [1.807, 2.05) is 24.3 Å². The van der Waals surface area contributed by atoms with Gasteiger partial charge in [-0.05, 0) is 18.9 Å². The van der Waals surface area contributed by atoms with Crippen LogP contribution in [0.2, 0.25) is 0 Å². The predicted octanol–water partition coefficient (Wildman–Crippen LogP) is 3.21. The van der Waals surface area contributed by atoms with Crippen molar-refractivity contribution in [3.8, 4) is 0 Å². The Bertz CT molecular complexity index is 496. The predicted molar refractivity (Wildman–Crippen MR) is 57.9 cm³/mol. The standard InChI is InChI=1S/C10H10N4/c1-11-9-6-7-4-3-5-8(14-12-2)10(7)13-9/h3-6,13H,1H2,2H3. The molecule has 14 heavy (non-hydrogen) atoms. The summed E-state index contributed by atoms with van der Waals surface area (Å²) in [5.74, 6) is 0.749. The molecule has 0 aliphatic carbocycles. The van der Waals surface area contributed by atoms with Gasteiger partial charge < -0.3 is 4.98 Å². The van der Waals surface area contributed by atoms with Crippen LogP contribution in [0.4, 0.5) is 11.5 Å². The Labute approximate surface area is 81.4 Å². The average molecular weight is 186 g/mol. The molecule has 0 unspecified atom stereocenters. The number of azo groups is 1. The number of H-pyrrole nitrogens is 1. The van der Waals surface area contributed by atoms with Crippen molar-refractivity contribution in [2.75, 3.05) is 7.05 Å². The van der Waals surface area contributed by atoms with Crippen molar-refractivity contribution >= 4 is 29.1 Å². The normalized spacial score (nSPS) is 11.2. The third-order valence-corrected chi connectivity index (χ3v) is 2.00. The number of aliphatic imine (C=N–C) groups is 1. The lowest BCUT2D eigenvalue weighted by Crippen LogP contribution is -1.69. The van der Waals surface area contributed by atoms with Gasteiger partial charge in [-0.15, -0.1) is 0 Å². The molecule has 1 aromatic heterocycles. The Hall–Kier alpha value is -1.97. The zero-order valence-corrected chi connectivity index (χ0v) is 7.86. The van der Waals surface area contributed by atoms with Crippen molar-refractivity contribution < 1.29 is 0 Å². The molecule has 1 heterocycles. The average Bonchev–Trinajstić information content (AvgIpc) is 2.62. The number of aromatic nitrogens is 1. The third-order valence-electron chi connectivity index (χ3n) is 2.00. The molecule has 2 rings (SSSR count). The maximum Gasteiger partial charge on any atom is 0.130 e. The molecule has 0 saturated heterocycles. The summed E-state index contributed by atoms with van der Waals surface area (Å²) in [6.45, 7) is 3.47. The molecule has 0 fully saturated rings. The maximum absolute atomic E-state index is 4.01. The van der Waals surface area contributed by atoms with Crippen LogP contribution in [0.5, 0.6) is 0 Å². The highest BCUT2D eigenvalue weighted by atomic mass is 15.1. The van der Waals surface area contributed by atoms with E-state index in [-0.39, 0.29) is 0 Å². The second-order valence-electron chi connectivity index (χ2n) is 2.85. The molecule has 0 bridgehead atoms. The lowest BCUT2D eigenvalue weighted by atomic mass is 10.2. The van der Waals surface area contributed by atoms with Gasteiger partial charge in [0, 0.05) is 12.4 Å². The first-order valence-corrected chi connectivity index (χ1v) is 4.23. The Balaban J connectivity index is 2.72. The van der Waals surface area contributed by atoms with Gasteiger partial charge in [-0.1, -0.05) is 12.1 Å². The SMILES string of the molecule is C=Nc1cc2cccc(N=NC)c2[nH]1. The first-order valence-electron chi connectivity index (χ1n) is 4.23. The van der Waals surface area contributed by atoms with Crippen molar-refractivity contribution in [3.05, 3.63) is 24.3 Å². The molecule has 0 aliphatic heterocycles. The molecule has 0 atom stereocenters. The minimum absolute atomic E-state index is 0.749. The van der Waals surface area contributed by atoms with E-state index in [1.165, 1.54) is 0 Å². The quantitative estimate of drug-likeness (QED) is 0.553. The molecule has 2 aromatic rings. The highest BCUT2D eigenvalue weighted by Crippen LogP contribution is 2.28. The van der Waals surface area contributed by atoms with Crippen LogP contribution in [-0.2, 0) is 0 Å². The van der Waals surface area contributed by atoms with Gasteiger partial charge in [0.2, 0.25) is 0 Å². The summed E-state index contributed by atoms with van der Waals surface area (Å²) in [6.07, 6.45) is 0. The summed E-state index contributed by atoms with van der Waals surface area (Å²) in [4.78, 5) is 6.95. The molecule has 0 saturated carbocycles. The number of nitrogens with one attached hydrogen (secondary N) is 1. The molecule has 0 amide bonds. The van der Waals surface area contributed by atoms with Gasteiger partial charge in [-0.3, -0.25) is 0 Å². The van der Waals surface area contributed by atoms with E-state index in [0.717, 1.165) is 22.4 Å². The van der Waals surface area contributed by atoms with Crippen LogP contribution in [0.1, 0.15) is 0 Å². The minimum atomic E-state index is 0.749. The number of fused-ring (bicyclic) bond motifs is 1.